The number of benzene rings is 2. The van der Waals surface area contributed by atoms with Crippen LogP contribution in [-0.4, -0.2) is 37.0 Å². The SMILES string of the molecule is C=CCNC(=O)c1ccccc1NS(=O)(=O)c1nnc(NC(=O)c2ccccc2Cl)s1. The van der Waals surface area contributed by atoms with Gasteiger partial charge in [-0.1, -0.05) is 53.3 Å². The largest absolute Gasteiger partial charge is 0.349 e. The molecule has 0 atom stereocenters. The van der Waals surface area contributed by atoms with Crippen LogP contribution in [0.3, 0.4) is 0 Å². The molecule has 9 nitrogen and oxygen atoms in total. The van der Waals surface area contributed by atoms with Crippen molar-refractivity contribution in [2.75, 3.05) is 16.6 Å². The van der Waals surface area contributed by atoms with Gasteiger partial charge in [0.15, 0.2) is 0 Å². The molecular weight excluding hydrogens is 462 g/mol. The number of nitrogens with one attached hydrogen (secondary N) is 3. The van der Waals surface area contributed by atoms with Gasteiger partial charge in [-0.3, -0.25) is 19.6 Å². The number of halogens is 1. The molecule has 1 aromatic heterocycles. The van der Waals surface area contributed by atoms with E-state index in [1.165, 1.54) is 24.3 Å². The maximum Gasteiger partial charge on any atom is 0.291 e. The Hall–Kier alpha value is -3.28. The van der Waals surface area contributed by atoms with Crippen LogP contribution in [0.15, 0.2) is 65.5 Å². The maximum absolute atomic E-state index is 12.7. The van der Waals surface area contributed by atoms with E-state index in [1.807, 2.05) is 0 Å². The van der Waals surface area contributed by atoms with Gasteiger partial charge in [0.1, 0.15) is 0 Å². The summed E-state index contributed by atoms with van der Waals surface area (Å²) in [6.45, 7) is 3.74. The van der Waals surface area contributed by atoms with Gasteiger partial charge >= 0.3 is 0 Å². The highest BCUT2D eigenvalue weighted by atomic mass is 35.5. The number of hydrogen-bond acceptors (Lipinski definition) is 7. The van der Waals surface area contributed by atoms with Crippen LogP contribution in [0.4, 0.5) is 10.8 Å². The van der Waals surface area contributed by atoms with Gasteiger partial charge in [0, 0.05) is 6.54 Å². The molecule has 160 valence electrons. The molecule has 0 aliphatic carbocycles. The first-order chi connectivity index (χ1) is 14.8. The molecule has 0 aliphatic rings. The summed E-state index contributed by atoms with van der Waals surface area (Å²) in [6.07, 6.45) is 1.50. The number of amides is 2. The van der Waals surface area contributed by atoms with Crippen LogP contribution in [0.2, 0.25) is 5.02 Å². The number of nitrogens with zero attached hydrogens (tertiary/aromatic N) is 2. The quantitative estimate of drug-likeness (QED) is 0.337. The second-order valence-corrected chi connectivity index (χ2v) is 9.20. The molecule has 3 aromatic rings. The van der Waals surface area contributed by atoms with E-state index in [1.54, 1.807) is 30.3 Å². The molecule has 3 N–H and O–H groups in total. The van der Waals surface area contributed by atoms with E-state index >= 15 is 0 Å². The fourth-order valence-corrected chi connectivity index (χ4v) is 4.60. The predicted octanol–water partition coefficient (Wildman–Crippen LogP) is 3.16. The average Bonchev–Trinajstić information content (AvgIpc) is 3.22. The van der Waals surface area contributed by atoms with Crippen molar-refractivity contribution in [2.45, 2.75) is 4.34 Å². The summed E-state index contributed by atoms with van der Waals surface area (Å²) in [5.41, 5.74) is 0.409. The molecule has 0 radical (unpaired) electrons. The van der Waals surface area contributed by atoms with Gasteiger partial charge in [-0.25, -0.2) is 0 Å². The molecule has 0 saturated carbocycles. The van der Waals surface area contributed by atoms with E-state index in [0.717, 1.165) is 0 Å². The van der Waals surface area contributed by atoms with E-state index in [0.29, 0.717) is 11.3 Å². The lowest BCUT2D eigenvalue weighted by Crippen LogP contribution is -2.25. The summed E-state index contributed by atoms with van der Waals surface area (Å²) in [4.78, 5) is 24.6. The summed E-state index contributed by atoms with van der Waals surface area (Å²) < 4.78 is 27.4. The Bertz CT molecular complexity index is 1240. The zero-order valence-electron chi connectivity index (χ0n) is 15.8. The second kappa shape index (κ2) is 9.69. The molecule has 0 unspecified atom stereocenters. The van der Waals surface area contributed by atoms with Gasteiger partial charge in [0.2, 0.25) is 5.13 Å². The van der Waals surface area contributed by atoms with Gasteiger partial charge in [0.25, 0.3) is 26.2 Å². The molecule has 31 heavy (non-hydrogen) atoms. The highest BCUT2D eigenvalue weighted by Crippen LogP contribution is 2.25. The monoisotopic (exact) mass is 477 g/mol. The van der Waals surface area contributed by atoms with Gasteiger partial charge in [-0.2, -0.15) is 8.42 Å². The lowest BCUT2D eigenvalue weighted by atomic mass is 10.1. The average molecular weight is 478 g/mol. The third kappa shape index (κ3) is 5.45. The summed E-state index contributed by atoms with van der Waals surface area (Å²) in [7, 11) is -4.16. The molecular formula is C19H16ClN5O4S2. The normalized spacial score (nSPS) is 10.9. The van der Waals surface area contributed by atoms with Crippen molar-refractivity contribution in [3.63, 3.8) is 0 Å². The van der Waals surface area contributed by atoms with Crippen LogP contribution in [0.1, 0.15) is 20.7 Å². The van der Waals surface area contributed by atoms with E-state index in [9.17, 15) is 18.0 Å². The lowest BCUT2D eigenvalue weighted by Gasteiger charge is -2.10. The van der Waals surface area contributed by atoms with Crippen LogP contribution in [-0.2, 0) is 10.0 Å². The fourth-order valence-electron chi connectivity index (χ4n) is 2.40. The zero-order valence-corrected chi connectivity index (χ0v) is 18.2. The fraction of sp³-hybridized carbons (Fsp3) is 0.0526. The number of carbonyl (C=O) groups excluding carboxylic acids is 2. The number of aromatic nitrogens is 2. The molecule has 2 amide bonds. The first kappa shape index (κ1) is 22.4. The van der Waals surface area contributed by atoms with Crippen LogP contribution >= 0.6 is 22.9 Å². The van der Waals surface area contributed by atoms with Crippen LogP contribution < -0.4 is 15.4 Å². The van der Waals surface area contributed by atoms with Gasteiger partial charge in [-0.05, 0) is 24.3 Å². The maximum atomic E-state index is 12.7. The van der Waals surface area contributed by atoms with Crippen molar-refractivity contribution < 1.29 is 18.0 Å². The van der Waals surface area contributed by atoms with E-state index in [-0.39, 0.29) is 37.9 Å². The highest BCUT2D eigenvalue weighted by Gasteiger charge is 2.23. The van der Waals surface area contributed by atoms with Crippen molar-refractivity contribution in [3.8, 4) is 0 Å². The van der Waals surface area contributed by atoms with Crippen molar-refractivity contribution in [3.05, 3.63) is 77.3 Å². The number of rotatable bonds is 8. The Balaban J connectivity index is 1.78. The Labute approximate surface area is 187 Å². The summed E-state index contributed by atoms with van der Waals surface area (Å²) in [5, 5.41) is 12.6. The first-order valence-electron chi connectivity index (χ1n) is 8.72. The summed E-state index contributed by atoms with van der Waals surface area (Å²) >= 11 is 6.64. The molecule has 0 saturated heterocycles. The molecule has 2 aromatic carbocycles. The van der Waals surface area contributed by atoms with Crippen LogP contribution in [0.5, 0.6) is 0 Å². The van der Waals surface area contributed by atoms with E-state index in [4.69, 9.17) is 11.6 Å². The topological polar surface area (TPSA) is 130 Å². The van der Waals surface area contributed by atoms with Gasteiger partial charge in [-0.15, -0.1) is 16.8 Å². The highest BCUT2D eigenvalue weighted by molar-refractivity contribution is 7.94. The number of sulfonamides is 1. The third-order valence-electron chi connectivity index (χ3n) is 3.80. The molecule has 0 fully saturated rings. The number of hydrogen-bond donors (Lipinski definition) is 3. The molecule has 0 aliphatic heterocycles. The van der Waals surface area contributed by atoms with Crippen molar-refractivity contribution in [1.29, 1.82) is 0 Å². The minimum atomic E-state index is -4.16. The summed E-state index contributed by atoms with van der Waals surface area (Å²) in [5.74, 6) is -1.02. The minimum absolute atomic E-state index is 0.0256. The predicted molar refractivity (Wildman–Crippen MR) is 119 cm³/mol. The van der Waals surface area contributed by atoms with Crippen LogP contribution in [0, 0.1) is 0 Å². The van der Waals surface area contributed by atoms with E-state index in [2.05, 4.69) is 32.1 Å². The molecule has 0 spiro atoms. The Morgan fingerprint density at radius 2 is 1.71 bits per heavy atom. The number of anilines is 2. The van der Waals surface area contributed by atoms with Crippen molar-refractivity contribution in [2.24, 2.45) is 0 Å². The van der Waals surface area contributed by atoms with Gasteiger partial charge in [0.05, 0.1) is 21.8 Å². The summed E-state index contributed by atoms with van der Waals surface area (Å²) in [6, 6.07) is 12.5. The smallest absolute Gasteiger partial charge is 0.291 e. The third-order valence-corrected chi connectivity index (χ3v) is 6.70. The molecule has 1 heterocycles. The Morgan fingerprint density at radius 3 is 2.42 bits per heavy atom. The number of para-hydroxylation sites is 1. The van der Waals surface area contributed by atoms with Gasteiger partial charge < -0.3 is 5.32 Å². The molecule has 3 rings (SSSR count). The van der Waals surface area contributed by atoms with E-state index < -0.39 is 21.8 Å². The molecule has 0 bridgehead atoms. The Kier molecular flexibility index (Phi) is 7.00. The standard InChI is InChI=1S/C19H16ClN5O4S2/c1-2-11-21-16(26)13-8-4-6-10-15(13)25-31(28,29)19-24-23-18(30-19)22-17(27)12-7-3-5-9-14(12)20/h2-10,25H,1,11H2,(H,21,26)(H,22,23,27). The minimum Gasteiger partial charge on any atom is -0.349 e. The van der Waals surface area contributed by atoms with Crippen molar-refractivity contribution >= 4 is 55.6 Å². The molecule has 12 heteroatoms. The zero-order chi connectivity index (χ0) is 22.4. The van der Waals surface area contributed by atoms with Crippen LogP contribution in [0.25, 0.3) is 0 Å². The first-order valence-corrected chi connectivity index (χ1v) is 11.4. The number of carbonyl (C=O) groups is 2. The Morgan fingerprint density at radius 1 is 1.03 bits per heavy atom. The lowest BCUT2D eigenvalue weighted by molar-refractivity contribution is 0.0958. The van der Waals surface area contributed by atoms with Crippen molar-refractivity contribution in [1.82, 2.24) is 15.5 Å². The second-order valence-electron chi connectivity index (χ2n) is 5.96.